The second-order valence-electron chi connectivity index (χ2n) is 9.78. The molecule has 3 saturated heterocycles. The summed E-state index contributed by atoms with van der Waals surface area (Å²) >= 11 is 3.65. The number of hydrogen-bond acceptors (Lipinski definition) is 5. The lowest BCUT2D eigenvalue weighted by Gasteiger charge is -2.35. The van der Waals surface area contributed by atoms with E-state index in [4.69, 9.17) is 4.74 Å². The molecule has 3 amide bonds. The number of amides is 3. The molecule has 2 bridgehead atoms. The minimum atomic E-state index is -1.14. The van der Waals surface area contributed by atoms with Crippen LogP contribution in [0.15, 0.2) is 42.5 Å². The molecule has 0 aromatic heterocycles. The molecule has 186 valence electrons. The molecule has 8 nitrogen and oxygen atoms in total. The molecular formula is C26H30BrN3O5. The van der Waals surface area contributed by atoms with Crippen LogP contribution >= 0.6 is 15.9 Å². The predicted octanol–water partition coefficient (Wildman–Crippen LogP) is 2.43. The lowest BCUT2D eigenvalue weighted by atomic mass is 9.70. The molecule has 3 aliphatic rings. The third-order valence-corrected chi connectivity index (χ3v) is 8.43. The number of aliphatic hydroxyl groups is 1. The molecule has 3 aliphatic heterocycles. The fourth-order valence-electron chi connectivity index (χ4n) is 6.07. The number of carbonyl (C=O) groups is 3. The van der Waals surface area contributed by atoms with Crippen LogP contribution < -0.4 is 10.6 Å². The van der Waals surface area contributed by atoms with Crippen molar-refractivity contribution in [2.45, 2.75) is 55.3 Å². The van der Waals surface area contributed by atoms with Crippen LogP contribution in [0.3, 0.4) is 0 Å². The van der Waals surface area contributed by atoms with Crippen LogP contribution in [-0.2, 0) is 19.1 Å². The SMILES string of the molecule is CCCNC(=O)[C@H]1[C@@H]2OC3(CC2Br)C(C(=O)Nc2ccc4ccccc4c2)N([C@H](C)CO)C(=O)[C@H]13. The number of nitrogens with zero attached hydrogens (tertiary/aromatic N) is 1. The maximum Gasteiger partial charge on any atom is 0.250 e. The molecule has 35 heavy (non-hydrogen) atoms. The fourth-order valence-corrected chi connectivity index (χ4v) is 7.02. The maximum atomic E-state index is 13.8. The number of fused-ring (bicyclic) bond motifs is 2. The number of rotatable bonds is 7. The zero-order valence-electron chi connectivity index (χ0n) is 19.7. The normalized spacial score (nSPS) is 32.1. The Labute approximate surface area is 212 Å². The van der Waals surface area contributed by atoms with Crippen molar-refractivity contribution < 1.29 is 24.2 Å². The smallest absolute Gasteiger partial charge is 0.250 e. The standard InChI is InChI=1S/C26H30BrN3O5/c1-3-10-28-23(32)19-20-25(34)30(14(2)13-31)22(26(20)12-18(27)21(19)35-26)24(33)29-17-9-8-15-6-4-5-7-16(15)11-17/h4-9,11,14,18-22,31H,3,10,12-13H2,1-2H3,(H,28,32)(H,29,33)/t14-,18?,19-,20+,21-,22?,26?/m1/s1. The molecule has 2 aromatic rings. The number of nitrogens with one attached hydrogen (secondary N) is 2. The Hall–Kier alpha value is -2.49. The number of alkyl halides is 1. The third kappa shape index (κ3) is 3.75. The lowest BCUT2D eigenvalue weighted by molar-refractivity contribution is -0.143. The molecular weight excluding hydrogens is 514 g/mol. The molecule has 7 atom stereocenters. The summed E-state index contributed by atoms with van der Waals surface area (Å²) in [5.41, 5.74) is -0.535. The minimum Gasteiger partial charge on any atom is -0.394 e. The molecule has 3 N–H and O–H groups in total. The van der Waals surface area contributed by atoms with Gasteiger partial charge in [0.2, 0.25) is 17.7 Å². The van der Waals surface area contributed by atoms with E-state index in [0.29, 0.717) is 18.7 Å². The van der Waals surface area contributed by atoms with Gasteiger partial charge in [0.15, 0.2) is 0 Å². The average molecular weight is 544 g/mol. The van der Waals surface area contributed by atoms with Crippen molar-refractivity contribution in [3.63, 3.8) is 0 Å². The summed E-state index contributed by atoms with van der Waals surface area (Å²) in [6.07, 6.45) is 0.704. The highest BCUT2D eigenvalue weighted by Crippen LogP contribution is 2.60. The highest BCUT2D eigenvalue weighted by molar-refractivity contribution is 9.09. The van der Waals surface area contributed by atoms with Gasteiger partial charge >= 0.3 is 0 Å². The van der Waals surface area contributed by atoms with E-state index in [1.807, 2.05) is 49.4 Å². The second kappa shape index (κ2) is 9.19. The van der Waals surface area contributed by atoms with E-state index in [1.165, 1.54) is 4.90 Å². The lowest BCUT2D eigenvalue weighted by Crippen LogP contribution is -2.56. The first kappa shape index (κ1) is 24.2. The van der Waals surface area contributed by atoms with Gasteiger partial charge in [-0.1, -0.05) is 53.2 Å². The zero-order valence-corrected chi connectivity index (χ0v) is 21.3. The van der Waals surface area contributed by atoms with Crippen molar-refractivity contribution in [1.29, 1.82) is 0 Å². The maximum absolute atomic E-state index is 13.8. The second-order valence-corrected chi connectivity index (χ2v) is 11.0. The number of aliphatic hydroxyl groups excluding tert-OH is 1. The molecule has 2 aromatic carbocycles. The van der Waals surface area contributed by atoms with Crippen LogP contribution in [0.1, 0.15) is 26.7 Å². The van der Waals surface area contributed by atoms with Gasteiger partial charge < -0.3 is 25.4 Å². The number of carbonyl (C=O) groups excluding carboxylic acids is 3. The first-order valence-corrected chi connectivity index (χ1v) is 13.1. The van der Waals surface area contributed by atoms with Gasteiger partial charge in [0.05, 0.1) is 30.6 Å². The van der Waals surface area contributed by atoms with Crippen LogP contribution in [0.4, 0.5) is 5.69 Å². The van der Waals surface area contributed by atoms with Gasteiger partial charge in [0, 0.05) is 17.1 Å². The Morgan fingerprint density at radius 2 is 1.97 bits per heavy atom. The number of hydrogen-bond donors (Lipinski definition) is 3. The summed E-state index contributed by atoms with van der Waals surface area (Å²) in [5, 5.41) is 17.9. The Morgan fingerprint density at radius 1 is 1.23 bits per heavy atom. The Bertz CT molecular complexity index is 1170. The van der Waals surface area contributed by atoms with Crippen molar-refractivity contribution in [2.75, 3.05) is 18.5 Å². The topological polar surface area (TPSA) is 108 Å². The van der Waals surface area contributed by atoms with Crippen molar-refractivity contribution >= 4 is 50.1 Å². The van der Waals surface area contributed by atoms with E-state index in [0.717, 1.165) is 17.2 Å². The number of halogens is 1. The van der Waals surface area contributed by atoms with Gasteiger partial charge in [-0.2, -0.15) is 0 Å². The van der Waals surface area contributed by atoms with Crippen molar-refractivity contribution in [3.8, 4) is 0 Å². The Balaban J connectivity index is 1.51. The largest absolute Gasteiger partial charge is 0.394 e. The van der Waals surface area contributed by atoms with Gasteiger partial charge in [0.1, 0.15) is 11.6 Å². The summed E-state index contributed by atoms with van der Waals surface area (Å²) in [6, 6.07) is 11.9. The molecule has 3 unspecified atom stereocenters. The molecule has 0 radical (unpaired) electrons. The summed E-state index contributed by atoms with van der Waals surface area (Å²) in [4.78, 5) is 42.0. The number of ether oxygens (including phenoxy) is 1. The van der Waals surface area contributed by atoms with E-state index in [1.54, 1.807) is 6.92 Å². The van der Waals surface area contributed by atoms with E-state index in [9.17, 15) is 19.5 Å². The summed E-state index contributed by atoms with van der Waals surface area (Å²) in [6.45, 7) is 3.87. The Morgan fingerprint density at radius 3 is 2.69 bits per heavy atom. The Kier molecular flexibility index (Phi) is 6.35. The monoisotopic (exact) mass is 543 g/mol. The van der Waals surface area contributed by atoms with E-state index < -0.39 is 35.6 Å². The fraction of sp³-hybridized carbons (Fsp3) is 0.500. The van der Waals surface area contributed by atoms with Gasteiger partial charge in [-0.15, -0.1) is 0 Å². The molecule has 0 saturated carbocycles. The number of anilines is 1. The quantitative estimate of drug-likeness (QED) is 0.465. The number of likely N-dealkylation sites (tertiary alicyclic amines) is 1. The van der Waals surface area contributed by atoms with Gasteiger partial charge in [-0.05, 0) is 42.7 Å². The van der Waals surface area contributed by atoms with Crippen LogP contribution in [-0.4, -0.2) is 69.5 Å². The van der Waals surface area contributed by atoms with Gasteiger partial charge in [-0.25, -0.2) is 0 Å². The molecule has 5 rings (SSSR count). The van der Waals surface area contributed by atoms with Crippen molar-refractivity contribution in [2.24, 2.45) is 11.8 Å². The van der Waals surface area contributed by atoms with Crippen molar-refractivity contribution in [3.05, 3.63) is 42.5 Å². The molecule has 3 heterocycles. The summed E-state index contributed by atoms with van der Waals surface area (Å²) in [5.74, 6) is -2.40. The highest BCUT2D eigenvalue weighted by Gasteiger charge is 2.76. The number of benzene rings is 2. The zero-order chi connectivity index (χ0) is 24.9. The molecule has 0 aliphatic carbocycles. The van der Waals surface area contributed by atoms with Crippen molar-refractivity contribution in [1.82, 2.24) is 10.2 Å². The highest BCUT2D eigenvalue weighted by atomic mass is 79.9. The van der Waals surface area contributed by atoms with E-state index in [-0.39, 0.29) is 29.2 Å². The summed E-state index contributed by atoms with van der Waals surface area (Å²) in [7, 11) is 0. The van der Waals surface area contributed by atoms with E-state index >= 15 is 0 Å². The molecule has 9 heteroatoms. The molecule has 1 spiro atoms. The van der Waals surface area contributed by atoms with Crippen LogP contribution in [0.2, 0.25) is 0 Å². The third-order valence-electron chi connectivity index (χ3n) is 7.58. The predicted molar refractivity (Wildman–Crippen MR) is 135 cm³/mol. The van der Waals surface area contributed by atoms with Crippen LogP contribution in [0.25, 0.3) is 10.8 Å². The van der Waals surface area contributed by atoms with Gasteiger partial charge in [-0.3, -0.25) is 14.4 Å². The van der Waals surface area contributed by atoms with E-state index in [2.05, 4.69) is 26.6 Å². The van der Waals surface area contributed by atoms with Gasteiger partial charge in [0.25, 0.3) is 0 Å². The minimum absolute atomic E-state index is 0.163. The van der Waals surface area contributed by atoms with Crippen LogP contribution in [0, 0.1) is 11.8 Å². The molecule has 3 fully saturated rings. The van der Waals surface area contributed by atoms with Crippen LogP contribution in [0.5, 0.6) is 0 Å². The summed E-state index contributed by atoms with van der Waals surface area (Å²) < 4.78 is 6.43. The first-order valence-electron chi connectivity index (χ1n) is 12.1. The average Bonchev–Trinajstić information content (AvgIpc) is 3.45. The first-order chi connectivity index (χ1) is 16.8.